The lowest BCUT2D eigenvalue weighted by atomic mass is 9.95. The van der Waals surface area contributed by atoms with Gasteiger partial charge in [-0.25, -0.2) is 9.69 Å². The summed E-state index contributed by atoms with van der Waals surface area (Å²) in [6, 6.07) is 19.6. The first kappa shape index (κ1) is 17.7. The van der Waals surface area contributed by atoms with E-state index in [9.17, 15) is 9.59 Å². The van der Waals surface area contributed by atoms with Crippen LogP contribution in [0.4, 0.5) is 4.79 Å². The third-order valence-corrected chi connectivity index (χ3v) is 5.55. The summed E-state index contributed by atoms with van der Waals surface area (Å²) >= 11 is 0. The molecule has 2 saturated heterocycles. The molecule has 0 N–H and O–H groups in total. The second-order valence-corrected chi connectivity index (χ2v) is 7.48. The van der Waals surface area contributed by atoms with Crippen molar-refractivity contribution in [3.05, 3.63) is 71.8 Å². The summed E-state index contributed by atoms with van der Waals surface area (Å²) in [7, 11) is 0. The molecule has 0 radical (unpaired) electrons. The standard InChI is InChI=1S/C22H24N2O3/c1-16-12-23(13-17-8-4-2-5-9-17)14-19(16)21(25)24-20(15-27-22(24)26)18-10-6-3-7-11-18/h2-11,16,19-20H,12-15H2,1H3/t16-,19+,20+/m0/s1. The number of hydrogen-bond donors (Lipinski definition) is 0. The molecule has 5 nitrogen and oxygen atoms in total. The molecule has 2 amide bonds. The molecule has 3 atom stereocenters. The van der Waals surface area contributed by atoms with E-state index in [4.69, 9.17) is 4.74 Å². The molecule has 0 aromatic heterocycles. The van der Waals surface area contributed by atoms with E-state index in [1.54, 1.807) is 0 Å². The molecule has 5 heteroatoms. The van der Waals surface area contributed by atoms with Gasteiger partial charge in [0.2, 0.25) is 5.91 Å². The first-order chi connectivity index (χ1) is 13.1. The molecule has 0 bridgehead atoms. The van der Waals surface area contributed by atoms with Crippen molar-refractivity contribution in [2.75, 3.05) is 19.7 Å². The Labute approximate surface area is 159 Å². The van der Waals surface area contributed by atoms with Crippen molar-refractivity contribution in [2.45, 2.75) is 19.5 Å². The van der Waals surface area contributed by atoms with E-state index in [0.717, 1.165) is 18.7 Å². The molecular weight excluding hydrogens is 340 g/mol. The van der Waals surface area contributed by atoms with Crippen LogP contribution in [0.3, 0.4) is 0 Å². The Bertz CT molecular complexity index is 809. The van der Waals surface area contributed by atoms with E-state index in [2.05, 4.69) is 24.0 Å². The van der Waals surface area contributed by atoms with Crippen LogP contribution in [0.5, 0.6) is 0 Å². The molecule has 0 unspecified atom stereocenters. The highest BCUT2D eigenvalue weighted by Gasteiger charge is 2.45. The number of carbonyl (C=O) groups excluding carboxylic acids is 2. The van der Waals surface area contributed by atoms with Gasteiger partial charge in [0, 0.05) is 19.6 Å². The molecule has 2 aliphatic rings. The van der Waals surface area contributed by atoms with Crippen molar-refractivity contribution in [3.63, 3.8) is 0 Å². The maximum Gasteiger partial charge on any atom is 0.417 e. The lowest BCUT2D eigenvalue weighted by Gasteiger charge is -2.24. The molecule has 0 spiro atoms. The Balaban J connectivity index is 1.49. The van der Waals surface area contributed by atoms with E-state index >= 15 is 0 Å². The van der Waals surface area contributed by atoms with Crippen LogP contribution in [0.15, 0.2) is 60.7 Å². The number of cyclic esters (lactones) is 1. The number of likely N-dealkylation sites (tertiary alicyclic amines) is 1. The van der Waals surface area contributed by atoms with Gasteiger partial charge in [0.25, 0.3) is 0 Å². The Morgan fingerprint density at radius 2 is 1.70 bits per heavy atom. The highest BCUT2D eigenvalue weighted by Crippen LogP contribution is 2.33. The zero-order valence-corrected chi connectivity index (χ0v) is 15.5. The number of amides is 2. The summed E-state index contributed by atoms with van der Waals surface area (Å²) in [5, 5.41) is 0. The van der Waals surface area contributed by atoms with Gasteiger partial charge < -0.3 is 4.74 Å². The Kier molecular flexibility index (Phi) is 4.94. The van der Waals surface area contributed by atoms with Crippen molar-refractivity contribution >= 4 is 12.0 Å². The molecule has 0 saturated carbocycles. The minimum absolute atomic E-state index is 0.116. The normalized spacial score (nSPS) is 25.6. The molecule has 2 aromatic carbocycles. The van der Waals surface area contributed by atoms with Gasteiger partial charge in [-0.2, -0.15) is 0 Å². The van der Waals surface area contributed by atoms with Gasteiger partial charge in [0.15, 0.2) is 0 Å². The monoisotopic (exact) mass is 364 g/mol. The highest BCUT2D eigenvalue weighted by molar-refractivity contribution is 5.95. The maximum absolute atomic E-state index is 13.2. The number of hydrogen-bond acceptors (Lipinski definition) is 4. The zero-order chi connectivity index (χ0) is 18.8. The van der Waals surface area contributed by atoms with Crippen LogP contribution in [-0.2, 0) is 16.1 Å². The second kappa shape index (κ2) is 7.53. The molecule has 2 fully saturated rings. The summed E-state index contributed by atoms with van der Waals surface area (Å²) < 4.78 is 5.22. The van der Waals surface area contributed by atoms with Crippen LogP contribution in [0, 0.1) is 11.8 Å². The van der Waals surface area contributed by atoms with Crippen LogP contribution >= 0.6 is 0 Å². The van der Waals surface area contributed by atoms with Crippen LogP contribution in [-0.4, -0.2) is 41.5 Å². The van der Waals surface area contributed by atoms with Gasteiger partial charge in [-0.1, -0.05) is 67.6 Å². The fourth-order valence-electron chi connectivity index (χ4n) is 4.12. The Hall–Kier alpha value is -2.66. The first-order valence-electron chi connectivity index (χ1n) is 9.44. The summed E-state index contributed by atoms with van der Waals surface area (Å²) in [5.74, 6) is -0.106. The average molecular weight is 364 g/mol. The molecular formula is C22H24N2O3. The smallest absolute Gasteiger partial charge is 0.417 e. The van der Waals surface area contributed by atoms with Crippen LogP contribution in [0.2, 0.25) is 0 Å². The summed E-state index contributed by atoms with van der Waals surface area (Å²) in [5.41, 5.74) is 2.17. The lowest BCUT2D eigenvalue weighted by Crippen LogP contribution is -2.41. The van der Waals surface area contributed by atoms with Crippen LogP contribution in [0.1, 0.15) is 24.1 Å². The second-order valence-electron chi connectivity index (χ2n) is 7.48. The lowest BCUT2D eigenvalue weighted by molar-refractivity contribution is -0.134. The predicted molar refractivity (Wildman–Crippen MR) is 102 cm³/mol. The largest absolute Gasteiger partial charge is 0.446 e. The average Bonchev–Trinajstić information content (AvgIpc) is 3.25. The van der Waals surface area contributed by atoms with Crippen molar-refractivity contribution in [3.8, 4) is 0 Å². The third-order valence-electron chi connectivity index (χ3n) is 5.55. The van der Waals surface area contributed by atoms with Gasteiger partial charge >= 0.3 is 6.09 Å². The number of nitrogens with zero attached hydrogens (tertiary/aromatic N) is 2. The van der Waals surface area contributed by atoms with Crippen molar-refractivity contribution in [2.24, 2.45) is 11.8 Å². The minimum Gasteiger partial charge on any atom is -0.446 e. The number of ether oxygens (including phenoxy) is 1. The molecule has 0 aliphatic carbocycles. The zero-order valence-electron chi connectivity index (χ0n) is 15.5. The van der Waals surface area contributed by atoms with E-state index in [1.807, 2.05) is 48.5 Å². The van der Waals surface area contributed by atoms with Gasteiger partial charge in [-0.3, -0.25) is 9.69 Å². The van der Waals surface area contributed by atoms with Gasteiger partial charge in [-0.15, -0.1) is 0 Å². The third kappa shape index (κ3) is 3.60. The SMILES string of the molecule is C[C@H]1CN(Cc2ccccc2)C[C@H]1C(=O)N1C(=O)OC[C@@H]1c1ccccc1. The van der Waals surface area contributed by atoms with Gasteiger partial charge in [-0.05, 0) is 17.0 Å². The van der Waals surface area contributed by atoms with Crippen LogP contribution in [0.25, 0.3) is 0 Å². The topological polar surface area (TPSA) is 49.9 Å². The summed E-state index contributed by atoms with van der Waals surface area (Å²) in [6.07, 6.45) is -0.525. The number of rotatable bonds is 4. The highest BCUT2D eigenvalue weighted by atomic mass is 16.6. The summed E-state index contributed by atoms with van der Waals surface area (Å²) in [4.78, 5) is 29.2. The van der Waals surface area contributed by atoms with E-state index < -0.39 is 6.09 Å². The molecule has 2 heterocycles. The van der Waals surface area contributed by atoms with Gasteiger partial charge in [0.1, 0.15) is 12.6 Å². The van der Waals surface area contributed by atoms with Gasteiger partial charge in [0.05, 0.1) is 5.92 Å². The van der Waals surface area contributed by atoms with E-state index in [0.29, 0.717) is 6.54 Å². The van der Waals surface area contributed by atoms with E-state index in [1.165, 1.54) is 10.5 Å². The fraction of sp³-hybridized carbons (Fsp3) is 0.364. The molecule has 2 aromatic rings. The Morgan fingerprint density at radius 3 is 2.41 bits per heavy atom. The fourth-order valence-corrected chi connectivity index (χ4v) is 4.12. The van der Waals surface area contributed by atoms with Crippen molar-refractivity contribution < 1.29 is 14.3 Å². The Morgan fingerprint density at radius 1 is 1.04 bits per heavy atom. The van der Waals surface area contributed by atoms with Crippen LogP contribution < -0.4 is 0 Å². The number of benzene rings is 2. The minimum atomic E-state index is -0.525. The molecule has 140 valence electrons. The predicted octanol–water partition coefficient (Wildman–Crippen LogP) is 3.47. The first-order valence-corrected chi connectivity index (χ1v) is 9.44. The molecule has 27 heavy (non-hydrogen) atoms. The number of imide groups is 1. The van der Waals surface area contributed by atoms with Crippen molar-refractivity contribution in [1.29, 1.82) is 0 Å². The quantitative estimate of drug-likeness (QED) is 0.833. The molecule has 2 aliphatic heterocycles. The van der Waals surface area contributed by atoms with Crippen molar-refractivity contribution in [1.82, 2.24) is 9.80 Å². The molecule has 4 rings (SSSR count). The van der Waals surface area contributed by atoms with E-state index in [-0.39, 0.29) is 30.4 Å². The number of carbonyl (C=O) groups is 2. The summed E-state index contributed by atoms with van der Waals surface area (Å²) in [6.45, 7) is 4.65. The maximum atomic E-state index is 13.2.